The topological polar surface area (TPSA) is 3.24 Å². The monoisotopic (exact) mass is 717 g/mol. The smallest absolute Gasteiger partial charge is 0.243 e. The molecule has 0 aliphatic heterocycles. The van der Waals surface area contributed by atoms with Crippen molar-refractivity contribution in [2.45, 2.75) is 41.5 Å². The second kappa shape index (κ2) is 13.1. The van der Waals surface area contributed by atoms with E-state index in [4.69, 9.17) is 0 Å². The Balaban J connectivity index is 1.26. The lowest BCUT2D eigenvalue weighted by Gasteiger charge is -2.31. The molecule has 10 aromatic carbocycles. The molecule has 0 heterocycles. The fourth-order valence-corrected chi connectivity index (χ4v) is 9.98. The van der Waals surface area contributed by atoms with Crippen molar-refractivity contribution in [3.63, 3.8) is 0 Å². The average Bonchev–Trinajstić information content (AvgIpc) is 3.20. The van der Waals surface area contributed by atoms with Gasteiger partial charge >= 0.3 is 0 Å². The Labute approximate surface area is 330 Å². The van der Waals surface area contributed by atoms with E-state index < -0.39 is 0 Å². The molecule has 0 atom stereocenters. The first-order valence-electron chi connectivity index (χ1n) is 19.9. The van der Waals surface area contributed by atoms with E-state index >= 15 is 0 Å². The normalized spacial score (nSPS) is 11.8. The van der Waals surface area contributed by atoms with Crippen LogP contribution in [0.5, 0.6) is 0 Å². The zero-order chi connectivity index (χ0) is 38.2. The van der Waals surface area contributed by atoms with Crippen LogP contribution in [0.4, 0.5) is 17.1 Å². The lowest BCUT2D eigenvalue weighted by Crippen LogP contribution is -2.55. The Hall–Kier alpha value is -6.38. The summed E-state index contributed by atoms with van der Waals surface area (Å²) in [6, 6.07) is 59.5. The van der Waals surface area contributed by atoms with E-state index in [1.54, 1.807) is 0 Å². The van der Waals surface area contributed by atoms with Crippen molar-refractivity contribution in [2.75, 3.05) is 4.90 Å². The largest absolute Gasteiger partial charge is 0.309 e. The van der Waals surface area contributed by atoms with Gasteiger partial charge in [0, 0.05) is 11.1 Å². The quantitative estimate of drug-likeness (QED) is 0.122. The molecule has 268 valence electrons. The lowest BCUT2D eigenvalue weighted by molar-refractivity contribution is 1.21. The highest BCUT2D eigenvalue weighted by Gasteiger charge is 2.29. The lowest BCUT2D eigenvalue weighted by atomic mass is 9.34. The summed E-state index contributed by atoms with van der Waals surface area (Å²) >= 11 is 0. The first-order chi connectivity index (χ1) is 27.3. The Morgan fingerprint density at radius 3 is 1.71 bits per heavy atom. The van der Waals surface area contributed by atoms with Crippen molar-refractivity contribution in [3.8, 4) is 0 Å². The highest BCUT2D eigenvalue weighted by Crippen LogP contribution is 2.46. The van der Waals surface area contributed by atoms with Crippen LogP contribution in [0.3, 0.4) is 0 Å². The number of rotatable bonds is 6. The van der Waals surface area contributed by atoms with E-state index in [2.05, 4.69) is 204 Å². The summed E-state index contributed by atoms with van der Waals surface area (Å²) in [4.78, 5) is 2.53. The van der Waals surface area contributed by atoms with Crippen LogP contribution in [0.1, 0.15) is 33.4 Å². The van der Waals surface area contributed by atoms with Crippen molar-refractivity contribution in [3.05, 3.63) is 191 Å². The number of hydrogen-bond donors (Lipinski definition) is 0. The van der Waals surface area contributed by atoms with Crippen LogP contribution in [0.25, 0.3) is 53.9 Å². The van der Waals surface area contributed by atoms with Gasteiger partial charge in [-0.1, -0.05) is 178 Å². The molecule has 10 rings (SSSR count). The van der Waals surface area contributed by atoms with Gasteiger partial charge < -0.3 is 4.90 Å². The summed E-state index contributed by atoms with van der Waals surface area (Å²) in [5.74, 6) is 0. The van der Waals surface area contributed by atoms with Crippen LogP contribution < -0.4 is 21.3 Å². The number of hydrogen-bond acceptors (Lipinski definition) is 1. The summed E-state index contributed by atoms with van der Waals surface area (Å²) in [6.45, 7) is 13.6. The molecular formula is C54H44BN. The number of fused-ring (bicyclic) bond motifs is 3. The van der Waals surface area contributed by atoms with Crippen molar-refractivity contribution in [1.82, 2.24) is 0 Å². The Morgan fingerprint density at radius 2 is 0.946 bits per heavy atom. The summed E-state index contributed by atoms with van der Waals surface area (Å²) < 4.78 is 0. The van der Waals surface area contributed by atoms with Gasteiger partial charge in [-0.15, -0.1) is 0 Å². The molecule has 0 spiro atoms. The van der Waals surface area contributed by atoms with Gasteiger partial charge in [-0.3, -0.25) is 0 Å². The molecule has 0 N–H and O–H groups in total. The number of nitrogens with zero attached hydrogens (tertiary/aromatic N) is 1. The molecule has 0 aromatic heterocycles. The molecule has 1 nitrogen and oxygen atoms in total. The maximum Gasteiger partial charge on any atom is 0.243 e. The molecule has 0 saturated heterocycles. The maximum absolute atomic E-state index is 2.53. The van der Waals surface area contributed by atoms with Crippen LogP contribution in [-0.4, -0.2) is 6.71 Å². The molecule has 0 unspecified atom stereocenters. The fraction of sp³-hybridized carbons (Fsp3) is 0.111. The predicted octanol–water partition coefficient (Wildman–Crippen LogP) is 12.7. The summed E-state index contributed by atoms with van der Waals surface area (Å²) in [5, 5.41) is 12.9. The van der Waals surface area contributed by atoms with E-state index in [0.29, 0.717) is 0 Å². The summed E-state index contributed by atoms with van der Waals surface area (Å²) in [5.41, 5.74) is 15.5. The number of aryl methyl sites for hydroxylation is 6. The number of benzene rings is 10. The van der Waals surface area contributed by atoms with Crippen LogP contribution in [0, 0.1) is 41.5 Å². The third kappa shape index (κ3) is 5.31. The molecule has 2 heteroatoms. The fourth-order valence-electron chi connectivity index (χ4n) is 9.98. The molecule has 0 aliphatic carbocycles. The van der Waals surface area contributed by atoms with Crippen LogP contribution in [0.15, 0.2) is 158 Å². The van der Waals surface area contributed by atoms with Gasteiger partial charge in [0.25, 0.3) is 0 Å². The van der Waals surface area contributed by atoms with Crippen molar-refractivity contribution in [1.29, 1.82) is 0 Å². The third-order valence-corrected chi connectivity index (χ3v) is 12.4. The Kier molecular flexibility index (Phi) is 8.01. The molecule has 0 fully saturated rings. The van der Waals surface area contributed by atoms with Gasteiger partial charge in [-0.05, 0) is 119 Å². The SMILES string of the molecule is Cc1cc(C)c(N(c2ccc3c(ccc4ccccc43)c2)c2ccc3ccc4c(B(c5ccccc5C)c5c(C)cccc5C)ccc5ccc2c3c54)c(C)c1. The highest BCUT2D eigenvalue weighted by atomic mass is 15.1. The Morgan fingerprint density at radius 1 is 0.375 bits per heavy atom. The average molecular weight is 718 g/mol. The molecule has 0 amide bonds. The summed E-state index contributed by atoms with van der Waals surface area (Å²) in [7, 11) is 0. The van der Waals surface area contributed by atoms with Gasteiger partial charge in [0.05, 0.1) is 11.4 Å². The zero-order valence-electron chi connectivity index (χ0n) is 33.0. The van der Waals surface area contributed by atoms with Crippen LogP contribution in [-0.2, 0) is 0 Å². The van der Waals surface area contributed by atoms with E-state index in [-0.39, 0.29) is 6.71 Å². The van der Waals surface area contributed by atoms with Gasteiger partial charge in [0.1, 0.15) is 0 Å². The minimum Gasteiger partial charge on any atom is -0.309 e. The first-order valence-corrected chi connectivity index (χ1v) is 19.9. The first kappa shape index (κ1) is 34.1. The second-order valence-corrected chi connectivity index (χ2v) is 16.0. The third-order valence-electron chi connectivity index (χ3n) is 12.4. The van der Waals surface area contributed by atoms with Crippen molar-refractivity contribution in [2.24, 2.45) is 0 Å². The van der Waals surface area contributed by atoms with Gasteiger partial charge in [0.15, 0.2) is 0 Å². The molecule has 0 bridgehead atoms. The molecule has 0 aliphatic rings. The minimum atomic E-state index is 0.101. The van der Waals surface area contributed by atoms with Gasteiger partial charge in [0.2, 0.25) is 6.71 Å². The molecule has 56 heavy (non-hydrogen) atoms. The Bertz CT molecular complexity index is 3130. The molecular weight excluding hydrogens is 673 g/mol. The highest BCUT2D eigenvalue weighted by molar-refractivity contribution is 6.97. The van der Waals surface area contributed by atoms with Crippen LogP contribution in [0.2, 0.25) is 0 Å². The van der Waals surface area contributed by atoms with Crippen molar-refractivity contribution >= 4 is 94.0 Å². The van der Waals surface area contributed by atoms with E-state index in [0.717, 1.165) is 5.69 Å². The second-order valence-electron chi connectivity index (χ2n) is 16.0. The molecule has 0 saturated carbocycles. The van der Waals surface area contributed by atoms with Crippen molar-refractivity contribution < 1.29 is 0 Å². The van der Waals surface area contributed by atoms with Crippen LogP contribution >= 0.6 is 0 Å². The summed E-state index contributed by atoms with van der Waals surface area (Å²) in [6.07, 6.45) is 0. The zero-order valence-corrected chi connectivity index (χ0v) is 33.0. The van der Waals surface area contributed by atoms with Gasteiger partial charge in [-0.25, -0.2) is 0 Å². The maximum atomic E-state index is 2.53. The molecule has 0 radical (unpaired) electrons. The standard InChI is InChI=1S/C54H44BN/c1-33-30-37(5)54(38(6)31-33)56(43-24-27-45-42(32-43)19-18-39-15-8-9-16-44(39)45)50-29-23-41-20-25-46-49(28-22-40-21-26-47(50)52(41)51(40)46)55(48-17-10-7-12-34(48)2)53-35(3)13-11-14-36(53)4/h7-32H,1-6H3. The number of anilines is 3. The van der Waals surface area contributed by atoms with E-state index in [1.165, 1.54) is 115 Å². The van der Waals surface area contributed by atoms with Gasteiger partial charge in [-0.2, -0.15) is 0 Å². The van der Waals surface area contributed by atoms with E-state index in [9.17, 15) is 0 Å². The predicted molar refractivity (Wildman–Crippen MR) is 246 cm³/mol. The molecule has 10 aromatic rings. The van der Waals surface area contributed by atoms with E-state index in [1.807, 2.05) is 0 Å². The minimum absolute atomic E-state index is 0.101.